The van der Waals surface area contributed by atoms with Crippen molar-refractivity contribution in [3.63, 3.8) is 0 Å². The minimum absolute atomic E-state index is 0.0472. The van der Waals surface area contributed by atoms with E-state index >= 15 is 0 Å². The molecule has 1 aromatic rings. The van der Waals surface area contributed by atoms with Crippen LogP contribution in [-0.2, 0) is 11.2 Å². The predicted octanol–water partition coefficient (Wildman–Crippen LogP) is 2.37. The first-order chi connectivity index (χ1) is 10.1. The molecule has 1 aliphatic heterocycles. The van der Waals surface area contributed by atoms with E-state index in [-0.39, 0.29) is 18.1 Å². The molecule has 1 saturated heterocycles. The lowest BCUT2D eigenvalue weighted by atomic mass is 10.1. The molecule has 1 aromatic heterocycles. The van der Waals surface area contributed by atoms with Gasteiger partial charge in [-0.1, -0.05) is 13.8 Å². The summed E-state index contributed by atoms with van der Waals surface area (Å²) in [6, 6.07) is 3.79. The second-order valence-electron chi connectivity index (χ2n) is 5.46. The number of pyridine rings is 1. The molecule has 21 heavy (non-hydrogen) atoms. The van der Waals surface area contributed by atoms with Gasteiger partial charge < -0.3 is 15.4 Å². The summed E-state index contributed by atoms with van der Waals surface area (Å²) in [5.41, 5.74) is 1.59. The van der Waals surface area contributed by atoms with Gasteiger partial charge in [-0.3, -0.25) is 4.79 Å². The molecule has 0 saturated carbocycles. The molecule has 2 atom stereocenters. The van der Waals surface area contributed by atoms with Crippen molar-refractivity contribution in [2.75, 3.05) is 18.5 Å². The van der Waals surface area contributed by atoms with Crippen LogP contribution < -0.4 is 10.6 Å². The van der Waals surface area contributed by atoms with Crippen molar-refractivity contribution in [2.24, 2.45) is 0 Å². The van der Waals surface area contributed by atoms with Gasteiger partial charge in [-0.15, -0.1) is 0 Å². The lowest BCUT2D eigenvalue weighted by Crippen LogP contribution is -2.39. The molecule has 116 valence electrons. The minimum atomic E-state index is -0.0472. The summed E-state index contributed by atoms with van der Waals surface area (Å²) in [5.74, 6) is 0.728. The average Bonchev–Trinajstić information content (AvgIpc) is 2.90. The highest BCUT2D eigenvalue weighted by molar-refractivity contribution is 5.95. The van der Waals surface area contributed by atoms with Crippen LogP contribution in [0, 0.1) is 0 Å². The average molecular weight is 291 g/mol. The number of ether oxygens (including phenoxy) is 1. The molecule has 2 N–H and O–H groups in total. The van der Waals surface area contributed by atoms with E-state index < -0.39 is 0 Å². The van der Waals surface area contributed by atoms with Crippen molar-refractivity contribution in [2.45, 2.75) is 52.2 Å². The van der Waals surface area contributed by atoms with Gasteiger partial charge in [0.15, 0.2) is 0 Å². The number of amides is 1. The topological polar surface area (TPSA) is 63.2 Å². The van der Waals surface area contributed by atoms with Crippen LogP contribution in [-0.4, -0.2) is 36.2 Å². The van der Waals surface area contributed by atoms with Crippen molar-refractivity contribution in [1.82, 2.24) is 10.3 Å². The van der Waals surface area contributed by atoms with Crippen LogP contribution in [0.5, 0.6) is 0 Å². The third-order valence-corrected chi connectivity index (χ3v) is 3.75. The Morgan fingerprint density at radius 3 is 2.86 bits per heavy atom. The van der Waals surface area contributed by atoms with Gasteiger partial charge in [-0.05, 0) is 38.3 Å². The van der Waals surface area contributed by atoms with Crippen LogP contribution in [0.3, 0.4) is 0 Å². The van der Waals surface area contributed by atoms with E-state index in [1.54, 1.807) is 0 Å². The van der Waals surface area contributed by atoms with E-state index in [4.69, 9.17) is 4.74 Å². The number of aromatic nitrogens is 1. The summed E-state index contributed by atoms with van der Waals surface area (Å²) in [4.78, 5) is 16.9. The van der Waals surface area contributed by atoms with Gasteiger partial charge in [0.25, 0.3) is 5.91 Å². The van der Waals surface area contributed by atoms with Gasteiger partial charge in [0, 0.05) is 24.4 Å². The van der Waals surface area contributed by atoms with Gasteiger partial charge in [-0.25, -0.2) is 4.98 Å². The molecule has 0 spiro atoms. The quantitative estimate of drug-likeness (QED) is 0.844. The molecule has 0 bridgehead atoms. The molecule has 1 amide bonds. The Morgan fingerprint density at radius 1 is 1.43 bits per heavy atom. The second-order valence-corrected chi connectivity index (χ2v) is 5.46. The smallest absolute Gasteiger partial charge is 0.251 e. The first kappa shape index (κ1) is 15.8. The molecule has 0 aromatic carbocycles. The zero-order valence-corrected chi connectivity index (χ0v) is 13.1. The van der Waals surface area contributed by atoms with Crippen molar-refractivity contribution in [1.29, 1.82) is 0 Å². The van der Waals surface area contributed by atoms with Gasteiger partial charge in [-0.2, -0.15) is 0 Å². The molecule has 2 rings (SSSR count). The number of anilines is 1. The lowest BCUT2D eigenvalue weighted by molar-refractivity contribution is 0.0866. The Kier molecular flexibility index (Phi) is 5.56. The molecule has 2 unspecified atom stereocenters. The Bertz CT molecular complexity index is 490. The number of carbonyl (C=O) groups is 1. The zero-order chi connectivity index (χ0) is 15.2. The molecule has 5 heteroatoms. The summed E-state index contributed by atoms with van der Waals surface area (Å²) in [5, 5.41) is 6.31. The van der Waals surface area contributed by atoms with Gasteiger partial charge in [0.1, 0.15) is 5.82 Å². The Morgan fingerprint density at radius 2 is 2.24 bits per heavy atom. The number of nitrogens with one attached hydrogen (secondary N) is 2. The second kappa shape index (κ2) is 7.41. The van der Waals surface area contributed by atoms with Crippen molar-refractivity contribution < 1.29 is 9.53 Å². The van der Waals surface area contributed by atoms with Crippen LogP contribution in [0.25, 0.3) is 0 Å². The van der Waals surface area contributed by atoms with E-state index in [9.17, 15) is 4.79 Å². The number of nitrogens with zero attached hydrogens (tertiary/aromatic N) is 1. The Balaban J connectivity index is 2.11. The monoisotopic (exact) mass is 291 g/mol. The standard InChI is InChI=1S/C16H25N3O2/c1-4-7-17-15-10-12(9-13(5-2)18-15)16(20)19-14-6-8-21-11(14)3/h9-11,14H,4-8H2,1-3H3,(H,17,18)(H,19,20). The molecular formula is C16H25N3O2. The number of rotatable bonds is 6. The van der Waals surface area contributed by atoms with Crippen LogP contribution in [0.2, 0.25) is 0 Å². The van der Waals surface area contributed by atoms with Gasteiger partial charge in [0.2, 0.25) is 0 Å². The third kappa shape index (κ3) is 4.17. The van der Waals surface area contributed by atoms with Crippen LogP contribution >= 0.6 is 0 Å². The van der Waals surface area contributed by atoms with Crippen LogP contribution in [0.4, 0.5) is 5.82 Å². The van der Waals surface area contributed by atoms with Crippen LogP contribution in [0.15, 0.2) is 12.1 Å². The van der Waals surface area contributed by atoms with E-state index in [0.717, 1.165) is 37.3 Å². The maximum Gasteiger partial charge on any atom is 0.251 e. The Hall–Kier alpha value is -1.62. The van der Waals surface area contributed by atoms with Crippen molar-refractivity contribution in [3.05, 3.63) is 23.4 Å². The summed E-state index contributed by atoms with van der Waals surface area (Å²) < 4.78 is 5.48. The first-order valence-corrected chi connectivity index (χ1v) is 7.81. The van der Waals surface area contributed by atoms with Crippen molar-refractivity contribution >= 4 is 11.7 Å². The third-order valence-electron chi connectivity index (χ3n) is 3.75. The van der Waals surface area contributed by atoms with E-state index in [1.807, 2.05) is 26.0 Å². The summed E-state index contributed by atoms with van der Waals surface area (Å²) in [7, 11) is 0. The molecule has 0 radical (unpaired) electrons. The number of hydrogen-bond donors (Lipinski definition) is 2. The fraction of sp³-hybridized carbons (Fsp3) is 0.625. The molecule has 1 fully saturated rings. The highest BCUT2D eigenvalue weighted by Crippen LogP contribution is 2.15. The van der Waals surface area contributed by atoms with Crippen LogP contribution in [0.1, 0.15) is 49.7 Å². The molecule has 1 aliphatic rings. The summed E-state index contributed by atoms with van der Waals surface area (Å²) in [6.45, 7) is 7.71. The predicted molar refractivity (Wildman–Crippen MR) is 83.7 cm³/mol. The number of carbonyl (C=O) groups excluding carboxylic acids is 1. The van der Waals surface area contributed by atoms with Gasteiger partial charge >= 0.3 is 0 Å². The molecule has 0 aliphatic carbocycles. The highest BCUT2D eigenvalue weighted by atomic mass is 16.5. The molecular weight excluding hydrogens is 266 g/mol. The maximum absolute atomic E-state index is 12.4. The van der Waals surface area contributed by atoms with E-state index in [0.29, 0.717) is 12.2 Å². The van der Waals surface area contributed by atoms with E-state index in [2.05, 4.69) is 22.5 Å². The largest absolute Gasteiger partial charge is 0.376 e. The highest BCUT2D eigenvalue weighted by Gasteiger charge is 2.26. The van der Waals surface area contributed by atoms with E-state index in [1.165, 1.54) is 0 Å². The maximum atomic E-state index is 12.4. The minimum Gasteiger partial charge on any atom is -0.376 e. The fourth-order valence-electron chi connectivity index (χ4n) is 2.42. The molecule has 5 nitrogen and oxygen atoms in total. The zero-order valence-electron chi connectivity index (χ0n) is 13.1. The number of aryl methyl sites for hydroxylation is 1. The Labute approximate surface area is 126 Å². The normalized spacial score (nSPS) is 21.3. The first-order valence-electron chi connectivity index (χ1n) is 7.81. The fourth-order valence-corrected chi connectivity index (χ4v) is 2.42. The SMILES string of the molecule is CCCNc1cc(C(=O)NC2CCOC2C)cc(CC)n1. The van der Waals surface area contributed by atoms with Gasteiger partial charge in [0.05, 0.1) is 12.1 Å². The lowest BCUT2D eigenvalue weighted by Gasteiger charge is -2.16. The summed E-state index contributed by atoms with van der Waals surface area (Å²) in [6.07, 6.45) is 2.79. The molecule has 2 heterocycles. The number of hydrogen-bond acceptors (Lipinski definition) is 4. The summed E-state index contributed by atoms with van der Waals surface area (Å²) >= 11 is 0. The van der Waals surface area contributed by atoms with Crippen molar-refractivity contribution in [3.8, 4) is 0 Å².